The molecule has 0 fully saturated rings. The highest BCUT2D eigenvalue weighted by molar-refractivity contribution is 7.92. The van der Waals surface area contributed by atoms with Gasteiger partial charge in [-0.3, -0.25) is 13.9 Å². The summed E-state index contributed by atoms with van der Waals surface area (Å²) in [6.07, 6.45) is 1.72. The molecule has 0 heterocycles. The molecule has 2 rings (SSSR count). The molecule has 1 N–H and O–H groups in total. The number of halogens is 1. The number of sulfonamides is 1. The van der Waals surface area contributed by atoms with E-state index in [4.69, 9.17) is 0 Å². The van der Waals surface area contributed by atoms with Gasteiger partial charge < -0.3 is 10.2 Å². The van der Waals surface area contributed by atoms with Crippen LogP contribution in [-0.4, -0.2) is 50.5 Å². The summed E-state index contributed by atoms with van der Waals surface area (Å²) in [6, 6.07) is 11.6. The molecule has 0 aliphatic carbocycles. The Morgan fingerprint density at radius 1 is 1.06 bits per heavy atom. The van der Waals surface area contributed by atoms with Crippen molar-refractivity contribution in [2.75, 3.05) is 23.7 Å². The zero-order valence-corrected chi connectivity index (χ0v) is 19.7. The van der Waals surface area contributed by atoms with E-state index in [9.17, 15) is 22.4 Å². The smallest absolute Gasteiger partial charge is 0.244 e. The fourth-order valence-electron chi connectivity index (χ4n) is 3.09. The number of hydrogen-bond acceptors (Lipinski definition) is 4. The normalized spacial score (nSPS) is 12.2. The standard InChI is InChI=1S/C23H30FN3O4S/c1-5-14-25-23(29)18(3)26(15-19-8-6-17(2)7-9-19)22(28)16-27(32(4,30)31)21-12-10-20(24)11-13-21/h6-13,18H,5,14-16H2,1-4H3,(H,25,29)/t18-/m1/s1. The lowest BCUT2D eigenvalue weighted by molar-refractivity contribution is -0.139. The van der Waals surface area contributed by atoms with Gasteiger partial charge in [-0.2, -0.15) is 0 Å². The Labute approximate surface area is 189 Å². The molecule has 0 aliphatic rings. The van der Waals surface area contributed by atoms with Crippen molar-refractivity contribution in [2.24, 2.45) is 0 Å². The van der Waals surface area contributed by atoms with Crippen LogP contribution < -0.4 is 9.62 Å². The number of carbonyl (C=O) groups is 2. The van der Waals surface area contributed by atoms with Gasteiger partial charge in [0.1, 0.15) is 18.4 Å². The van der Waals surface area contributed by atoms with Gasteiger partial charge in [0.2, 0.25) is 21.8 Å². The van der Waals surface area contributed by atoms with Crippen molar-refractivity contribution in [3.63, 3.8) is 0 Å². The summed E-state index contributed by atoms with van der Waals surface area (Å²) in [6.45, 7) is 5.58. The number of benzene rings is 2. The lowest BCUT2D eigenvalue weighted by atomic mass is 10.1. The number of anilines is 1. The van der Waals surface area contributed by atoms with Crippen molar-refractivity contribution in [2.45, 2.75) is 39.8 Å². The molecule has 0 aliphatic heterocycles. The minimum atomic E-state index is -3.84. The van der Waals surface area contributed by atoms with Gasteiger partial charge >= 0.3 is 0 Å². The summed E-state index contributed by atoms with van der Waals surface area (Å²) in [5.74, 6) is -1.38. The van der Waals surface area contributed by atoms with Crippen molar-refractivity contribution in [1.82, 2.24) is 10.2 Å². The molecular formula is C23H30FN3O4S. The third-order valence-electron chi connectivity index (χ3n) is 4.98. The third kappa shape index (κ3) is 7.05. The number of rotatable bonds is 10. The first-order valence-corrected chi connectivity index (χ1v) is 12.2. The monoisotopic (exact) mass is 463 g/mol. The first-order chi connectivity index (χ1) is 15.0. The molecule has 9 heteroatoms. The van der Waals surface area contributed by atoms with Crippen molar-refractivity contribution in [1.29, 1.82) is 0 Å². The average Bonchev–Trinajstić information content (AvgIpc) is 2.74. The first kappa shape index (κ1) is 25.3. The minimum Gasteiger partial charge on any atom is -0.354 e. The topological polar surface area (TPSA) is 86.8 Å². The predicted octanol–water partition coefficient (Wildman–Crippen LogP) is 2.84. The molecule has 0 aromatic heterocycles. The Kier molecular flexibility index (Phi) is 8.77. The van der Waals surface area contributed by atoms with Crippen molar-refractivity contribution >= 4 is 27.5 Å². The van der Waals surface area contributed by atoms with Crippen LogP contribution in [0.2, 0.25) is 0 Å². The second-order valence-corrected chi connectivity index (χ2v) is 9.63. The van der Waals surface area contributed by atoms with Gasteiger partial charge in [0.05, 0.1) is 11.9 Å². The summed E-state index contributed by atoms with van der Waals surface area (Å²) >= 11 is 0. The Balaban J connectivity index is 2.34. The average molecular weight is 464 g/mol. The molecule has 2 aromatic carbocycles. The molecule has 1 atom stereocenters. The van der Waals surface area contributed by atoms with E-state index in [0.29, 0.717) is 6.54 Å². The van der Waals surface area contributed by atoms with Crippen molar-refractivity contribution < 1.29 is 22.4 Å². The van der Waals surface area contributed by atoms with Crippen LogP contribution in [0.5, 0.6) is 0 Å². The van der Waals surface area contributed by atoms with Crippen LogP contribution in [-0.2, 0) is 26.2 Å². The predicted molar refractivity (Wildman–Crippen MR) is 123 cm³/mol. The van der Waals surface area contributed by atoms with E-state index < -0.39 is 34.3 Å². The third-order valence-corrected chi connectivity index (χ3v) is 6.12. The number of amides is 2. The number of nitrogens with one attached hydrogen (secondary N) is 1. The Morgan fingerprint density at radius 2 is 1.66 bits per heavy atom. The summed E-state index contributed by atoms with van der Waals surface area (Å²) in [5.41, 5.74) is 2.03. The molecule has 0 radical (unpaired) electrons. The Morgan fingerprint density at radius 3 is 2.19 bits per heavy atom. The molecule has 7 nitrogen and oxygen atoms in total. The zero-order valence-electron chi connectivity index (χ0n) is 18.8. The first-order valence-electron chi connectivity index (χ1n) is 10.4. The highest BCUT2D eigenvalue weighted by atomic mass is 32.2. The highest BCUT2D eigenvalue weighted by Crippen LogP contribution is 2.19. The quantitative estimate of drug-likeness (QED) is 0.587. The summed E-state index contributed by atoms with van der Waals surface area (Å²) < 4.78 is 39.0. The Bertz CT molecular complexity index is 1020. The van der Waals surface area contributed by atoms with Gasteiger partial charge in [0, 0.05) is 13.1 Å². The molecule has 32 heavy (non-hydrogen) atoms. The van der Waals surface area contributed by atoms with E-state index in [1.165, 1.54) is 17.0 Å². The SMILES string of the molecule is CCCNC(=O)[C@@H](C)N(Cc1ccc(C)cc1)C(=O)CN(c1ccc(F)cc1)S(C)(=O)=O. The zero-order chi connectivity index (χ0) is 23.9. The van der Waals surface area contributed by atoms with Crippen LogP contribution in [0.25, 0.3) is 0 Å². The number of carbonyl (C=O) groups excluding carboxylic acids is 2. The van der Waals surface area contributed by atoms with Gasteiger partial charge in [-0.25, -0.2) is 12.8 Å². The number of hydrogen-bond donors (Lipinski definition) is 1. The van der Waals surface area contributed by atoms with E-state index in [1.807, 2.05) is 38.1 Å². The summed E-state index contributed by atoms with van der Waals surface area (Å²) in [7, 11) is -3.84. The second kappa shape index (κ2) is 11.1. The van der Waals surface area contributed by atoms with Crippen LogP contribution in [0, 0.1) is 12.7 Å². The Hall–Kier alpha value is -2.94. The number of nitrogens with zero attached hydrogens (tertiary/aromatic N) is 2. The van der Waals surface area contributed by atoms with Gasteiger partial charge in [-0.15, -0.1) is 0 Å². The maximum Gasteiger partial charge on any atom is 0.244 e. The van der Waals surface area contributed by atoms with E-state index in [-0.39, 0.29) is 18.1 Å². The largest absolute Gasteiger partial charge is 0.354 e. The van der Waals surface area contributed by atoms with Crippen LogP contribution >= 0.6 is 0 Å². The molecule has 0 spiro atoms. The van der Waals surface area contributed by atoms with Crippen molar-refractivity contribution in [3.05, 3.63) is 65.5 Å². The molecule has 2 amide bonds. The molecule has 0 bridgehead atoms. The van der Waals surface area contributed by atoms with E-state index in [0.717, 1.165) is 40.2 Å². The molecular weight excluding hydrogens is 433 g/mol. The number of aryl methyl sites for hydroxylation is 1. The molecule has 0 saturated heterocycles. The minimum absolute atomic E-state index is 0.140. The molecule has 2 aromatic rings. The second-order valence-electron chi connectivity index (χ2n) is 7.72. The maximum absolute atomic E-state index is 13.3. The van der Waals surface area contributed by atoms with Gasteiger partial charge in [0.15, 0.2) is 0 Å². The van der Waals surface area contributed by atoms with Crippen LogP contribution in [0.4, 0.5) is 10.1 Å². The van der Waals surface area contributed by atoms with E-state index >= 15 is 0 Å². The van der Waals surface area contributed by atoms with Gasteiger partial charge in [-0.1, -0.05) is 36.8 Å². The lowest BCUT2D eigenvalue weighted by Crippen LogP contribution is -2.51. The fourth-order valence-corrected chi connectivity index (χ4v) is 3.94. The maximum atomic E-state index is 13.3. The van der Waals surface area contributed by atoms with E-state index in [1.54, 1.807) is 6.92 Å². The van der Waals surface area contributed by atoms with Crippen LogP contribution in [0.15, 0.2) is 48.5 Å². The molecule has 0 unspecified atom stereocenters. The fraction of sp³-hybridized carbons (Fsp3) is 0.391. The van der Waals surface area contributed by atoms with Gasteiger partial charge in [0.25, 0.3) is 0 Å². The van der Waals surface area contributed by atoms with Crippen LogP contribution in [0.1, 0.15) is 31.4 Å². The molecule has 174 valence electrons. The highest BCUT2D eigenvalue weighted by Gasteiger charge is 2.29. The molecule has 0 saturated carbocycles. The van der Waals surface area contributed by atoms with E-state index in [2.05, 4.69) is 5.32 Å². The van der Waals surface area contributed by atoms with Crippen LogP contribution in [0.3, 0.4) is 0 Å². The van der Waals surface area contributed by atoms with Crippen molar-refractivity contribution in [3.8, 4) is 0 Å². The van der Waals surface area contributed by atoms with Gasteiger partial charge in [-0.05, 0) is 50.1 Å². The lowest BCUT2D eigenvalue weighted by Gasteiger charge is -2.31. The summed E-state index contributed by atoms with van der Waals surface area (Å²) in [4.78, 5) is 27.3. The summed E-state index contributed by atoms with van der Waals surface area (Å²) in [5, 5.41) is 2.78.